The molecule has 0 N–H and O–H groups in total. The van der Waals surface area contributed by atoms with Crippen LogP contribution in [0.5, 0.6) is 0 Å². The molecule has 17 heavy (non-hydrogen) atoms. The first kappa shape index (κ1) is 16.4. The van der Waals surface area contributed by atoms with E-state index in [0.29, 0.717) is 0 Å². The predicted molar refractivity (Wildman–Crippen MR) is 79.8 cm³/mol. The summed E-state index contributed by atoms with van der Waals surface area (Å²) in [4.78, 5) is 4.16. The van der Waals surface area contributed by atoms with E-state index in [1.165, 1.54) is 25.7 Å². The van der Waals surface area contributed by atoms with Gasteiger partial charge in [0.05, 0.1) is 0 Å². The van der Waals surface area contributed by atoms with Gasteiger partial charge in [0.2, 0.25) is 0 Å². The monoisotopic (exact) mass is 237 g/mol. The van der Waals surface area contributed by atoms with Gasteiger partial charge >= 0.3 is 0 Å². The van der Waals surface area contributed by atoms with Crippen molar-refractivity contribution in [1.29, 1.82) is 0 Å². The summed E-state index contributed by atoms with van der Waals surface area (Å²) < 4.78 is 0. The Morgan fingerprint density at radius 2 is 1.88 bits per heavy atom. The van der Waals surface area contributed by atoms with E-state index in [9.17, 15) is 0 Å². The van der Waals surface area contributed by atoms with Gasteiger partial charge < -0.3 is 4.99 Å². The minimum atomic E-state index is 0.801. The summed E-state index contributed by atoms with van der Waals surface area (Å²) in [5.74, 6) is 2.43. The summed E-state index contributed by atoms with van der Waals surface area (Å²) in [6, 6.07) is 0. The molecule has 0 fully saturated rings. The van der Waals surface area contributed by atoms with Crippen LogP contribution in [-0.2, 0) is 0 Å². The van der Waals surface area contributed by atoms with Gasteiger partial charge in [-0.3, -0.25) is 0 Å². The molecule has 0 aromatic heterocycles. The van der Waals surface area contributed by atoms with Gasteiger partial charge in [-0.1, -0.05) is 52.2 Å². The highest BCUT2D eigenvalue weighted by atomic mass is 14.6. The Hall–Kier alpha value is -0.590. The molecule has 0 spiro atoms. The second-order valence-corrected chi connectivity index (χ2v) is 5.08. The Balaban J connectivity index is 4.64. The third-order valence-electron chi connectivity index (χ3n) is 3.87. The molecule has 1 heteroatoms. The lowest BCUT2D eigenvalue weighted by Gasteiger charge is -2.30. The molecule has 0 rings (SSSR count). The third kappa shape index (κ3) is 6.65. The van der Waals surface area contributed by atoms with Gasteiger partial charge in [-0.2, -0.15) is 0 Å². The van der Waals surface area contributed by atoms with Gasteiger partial charge in [0.1, 0.15) is 0 Å². The van der Waals surface area contributed by atoms with Crippen molar-refractivity contribution in [3.8, 4) is 0 Å². The lowest BCUT2D eigenvalue weighted by atomic mass is 9.75. The van der Waals surface area contributed by atoms with Crippen LogP contribution in [0, 0.1) is 17.8 Å². The fourth-order valence-corrected chi connectivity index (χ4v) is 2.60. The first-order valence-electron chi connectivity index (χ1n) is 7.22. The highest BCUT2D eigenvalue weighted by Gasteiger charge is 2.23. The van der Waals surface area contributed by atoms with Crippen molar-refractivity contribution in [3.63, 3.8) is 0 Å². The van der Waals surface area contributed by atoms with Gasteiger partial charge in [0, 0.05) is 7.05 Å². The molecule has 100 valence electrons. The molecule has 0 aliphatic heterocycles. The summed E-state index contributed by atoms with van der Waals surface area (Å²) in [6.07, 6.45) is 12.9. The van der Waals surface area contributed by atoms with E-state index in [1.54, 1.807) is 0 Å². The molecule has 0 saturated carbocycles. The quantitative estimate of drug-likeness (QED) is 0.390. The average Bonchev–Trinajstić information content (AvgIpc) is 2.35. The highest BCUT2D eigenvalue weighted by molar-refractivity contribution is 5.57. The van der Waals surface area contributed by atoms with Gasteiger partial charge in [-0.15, -0.1) is 0 Å². The van der Waals surface area contributed by atoms with Crippen molar-refractivity contribution in [2.24, 2.45) is 22.7 Å². The van der Waals surface area contributed by atoms with Crippen molar-refractivity contribution >= 4 is 6.21 Å². The molecule has 3 atom stereocenters. The minimum Gasteiger partial charge on any atom is -0.301 e. The second kappa shape index (κ2) is 10.6. The van der Waals surface area contributed by atoms with Crippen LogP contribution < -0.4 is 0 Å². The van der Waals surface area contributed by atoms with E-state index in [4.69, 9.17) is 0 Å². The van der Waals surface area contributed by atoms with E-state index in [-0.39, 0.29) is 0 Å². The molecule has 0 heterocycles. The molecule has 0 aromatic carbocycles. The standard InChI is InChI=1S/C16H31N/c1-6-9-11-16(14(4)8-3)15(10-7-2)12-13-17-5/h6,9,13-16H,7-8,10-12H2,1-5H3/b9-6-,17-13+/t14?,15?,16-/m1/s1. The Morgan fingerprint density at radius 3 is 2.35 bits per heavy atom. The molecule has 0 amide bonds. The Kier molecular flexibility index (Phi) is 10.2. The van der Waals surface area contributed by atoms with Gasteiger partial charge in [0.25, 0.3) is 0 Å². The van der Waals surface area contributed by atoms with E-state index < -0.39 is 0 Å². The summed E-state index contributed by atoms with van der Waals surface area (Å²) >= 11 is 0. The maximum atomic E-state index is 4.16. The summed E-state index contributed by atoms with van der Waals surface area (Å²) in [6.45, 7) is 9.12. The van der Waals surface area contributed by atoms with Crippen LogP contribution in [0.25, 0.3) is 0 Å². The molecule has 0 bridgehead atoms. The molecular formula is C16H31N. The van der Waals surface area contributed by atoms with Crippen LogP contribution in [0.4, 0.5) is 0 Å². The molecule has 0 saturated heterocycles. The summed E-state index contributed by atoms with van der Waals surface area (Å²) in [5.41, 5.74) is 0. The van der Waals surface area contributed by atoms with Gasteiger partial charge in [-0.25, -0.2) is 0 Å². The Labute approximate surface area is 108 Å². The van der Waals surface area contributed by atoms with E-state index in [0.717, 1.165) is 24.2 Å². The maximum absolute atomic E-state index is 4.16. The van der Waals surface area contributed by atoms with Crippen LogP contribution in [0.3, 0.4) is 0 Å². The zero-order valence-electron chi connectivity index (χ0n) is 12.4. The summed E-state index contributed by atoms with van der Waals surface area (Å²) in [5, 5.41) is 0. The predicted octanol–water partition coefficient (Wildman–Crippen LogP) is 5.12. The number of hydrogen-bond donors (Lipinski definition) is 0. The first-order chi connectivity index (χ1) is 8.21. The van der Waals surface area contributed by atoms with Crippen molar-refractivity contribution in [1.82, 2.24) is 0 Å². The van der Waals surface area contributed by atoms with Crippen molar-refractivity contribution in [2.75, 3.05) is 7.05 Å². The Morgan fingerprint density at radius 1 is 1.18 bits per heavy atom. The molecule has 0 aromatic rings. The van der Waals surface area contributed by atoms with E-state index >= 15 is 0 Å². The minimum absolute atomic E-state index is 0.801. The smallest absolute Gasteiger partial charge is 0.0273 e. The average molecular weight is 237 g/mol. The maximum Gasteiger partial charge on any atom is 0.0273 e. The number of rotatable bonds is 9. The zero-order chi connectivity index (χ0) is 13.1. The number of allylic oxidation sites excluding steroid dienone is 2. The van der Waals surface area contributed by atoms with E-state index in [1.807, 2.05) is 7.05 Å². The highest BCUT2D eigenvalue weighted by Crippen LogP contribution is 2.32. The molecule has 1 nitrogen and oxygen atoms in total. The van der Waals surface area contributed by atoms with Crippen molar-refractivity contribution in [3.05, 3.63) is 12.2 Å². The lowest BCUT2D eigenvalue weighted by molar-refractivity contribution is 0.228. The fraction of sp³-hybridized carbons (Fsp3) is 0.812. The number of aliphatic imine (C=N–C) groups is 1. The largest absolute Gasteiger partial charge is 0.301 e. The molecule has 0 aliphatic carbocycles. The molecule has 2 unspecified atom stereocenters. The van der Waals surface area contributed by atoms with Crippen LogP contribution >= 0.6 is 0 Å². The van der Waals surface area contributed by atoms with Crippen molar-refractivity contribution < 1.29 is 0 Å². The second-order valence-electron chi connectivity index (χ2n) is 5.08. The topological polar surface area (TPSA) is 12.4 Å². The Bertz CT molecular complexity index is 218. The normalized spacial score (nSPS) is 17.7. The molecular weight excluding hydrogens is 206 g/mol. The zero-order valence-corrected chi connectivity index (χ0v) is 12.4. The molecule has 0 aliphatic rings. The number of hydrogen-bond acceptors (Lipinski definition) is 1. The van der Waals surface area contributed by atoms with Crippen LogP contribution in [-0.4, -0.2) is 13.3 Å². The van der Waals surface area contributed by atoms with Gasteiger partial charge in [-0.05, 0) is 43.7 Å². The van der Waals surface area contributed by atoms with Crippen LogP contribution in [0.15, 0.2) is 17.1 Å². The number of nitrogens with zero attached hydrogens (tertiary/aromatic N) is 1. The fourth-order valence-electron chi connectivity index (χ4n) is 2.60. The third-order valence-corrected chi connectivity index (χ3v) is 3.87. The van der Waals surface area contributed by atoms with Gasteiger partial charge in [0.15, 0.2) is 0 Å². The van der Waals surface area contributed by atoms with Crippen LogP contribution in [0.1, 0.15) is 59.8 Å². The molecule has 0 radical (unpaired) electrons. The van der Waals surface area contributed by atoms with Crippen LogP contribution in [0.2, 0.25) is 0 Å². The van der Waals surface area contributed by atoms with E-state index in [2.05, 4.69) is 51.1 Å². The van der Waals surface area contributed by atoms with Crippen molar-refractivity contribution in [2.45, 2.75) is 59.8 Å². The SMILES string of the molecule is C/C=C\C[C@H](C(C)CC)C(C/C=N/C)CCC. The lowest BCUT2D eigenvalue weighted by Crippen LogP contribution is -2.22. The first-order valence-corrected chi connectivity index (χ1v) is 7.22. The summed E-state index contributed by atoms with van der Waals surface area (Å²) in [7, 11) is 1.88.